The average molecular weight is 361 g/mol. The molecule has 1 aromatic rings. The summed E-state index contributed by atoms with van der Waals surface area (Å²) in [6, 6.07) is 7.43. The van der Waals surface area contributed by atoms with E-state index in [4.69, 9.17) is 4.74 Å². The second-order valence-corrected chi connectivity index (χ2v) is 6.91. The van der Waals surface area contributed by atoms with Crippen molar-refractivity contribution in [1.82, 2.24) is 4.90 Å². The fourth-order valence-corrected chi connectivity index (χ4v) is 3.42. The number of aryl methyl sites for hydroxylation is 1. The predicted octanol–water partition coefficient (Wildman–Crippen LogP) is 2.55. The van der Waals surface area contributed by atoms with Gasteiger partial charge in [0.25, 0.3) is 0 Å². The number of carboxylic acids is 1. The Labute approximate surface area is 154 Å². The van der Waals surface area contributed by atoms with Crippen LogP contribution in [0.4, 0.5) is 0 Å². The van der Waals surface area contributed by atoms with Crippen molar-refractivity contribution >= 4 is 17.7 Å². The van der Waals surface area contributed by atoms with Gasteiger partial charge in [-0.15, -0.1) is 0 Å². The molecule has 2 rings (SSSR count). The van der Waals surface area contributed by atoms with E-state index in [1.165, 1.54) is 7.11 Å². The van der Waals surface area contributed by atoms with Gasteiger partial charge < -0.3 is 14.7 Å². The monoisotopic (exact) mass is 361 g/mol. The van der Waals surface area contributed by atoms with Crippen molar-refractivity contribution in [2.45, 2.75) is 39.0 Å². The van der Waals surface area contributed by atoms with Crippen LogP contribution in [-0.2, 0) is 20.7 Å². The molecule has 1 N–H and O–H groups in total. The van der Waals surface area contributed by atoms with Crippen molar-refractivity contribution in [1.29, 1.82) is 0 Å². The molecule has 1 amide bonds. The summed E-state index contributed by atoms with van der Waals surface area (Å²) in [5.74, 6) is -1.19. The second kappa shape index (κ2) is 8.94. The molecule has 6 nitrogen and oxygen atoms in total. The van der Waals surface area contributed by atoms with Crippen LogP contribution in [0.1, 0.15) is 48.5 Å². The Kier molecular flexibility index (Phi) is 6.91. The number of hydrogen-bond donors (Lipinski definition) is 1. The average Bonchev–Trinajstić information content (AvgIpc) is 2.66. The first-order valence-corrected chi connectivity index (χ1v) is 9.04. The number of Topliss-reactive ketones (excluding diaryl/α,β-unsaturated/α-hetero) is 1. The highest BCUT2D eigenvalue weighted by molar-refractivity contribution is 5.98. The topological polar surface area (TPSA) is 83.9 Å². The minimum Gasteiger partial charge on any atom is -0.481 e. The minimum absolute atomic E-state index is 0.0700. The molecule has 1 atom stereocenters. The molecule has 1 aliphatic rings. The number of piperidine rings is 1. The van der Waals surface area contributed by atoms with Crippen LogP contribution in [0.5, 0.6) is 0 Å². The lowest BCUT2D eigenvalue weighted by Crippen LogP contribution is -2.52. The van der Waals surface area contributed by atoms with Crippen molar-refractivity contribution in [2.24, 2.45) is 5.41 Å². The number of nitrogens with zero attached hydrogens (tertiary/aromatic N) is 1. The Morgan fingerprint density at radius 3 is 2.46 bits per heavy atom. The molecule has 1 aromatic carbocycles. The number of ether oxygens (including phenoxy) is 1. The number of methoxy groups -OCH3 is 1. The number of aliphatic carboxylic acids is 1. The summed E-state index contributed by atoms with van der Waals surface area (Å²) in [5.41, 5.74) is 0.713. The van der Waals surface area contributed by atoms with Crippen LogP contribution >= 0.6 is 0 Å². The normalized spacial score (nSPS) is 20.0. The van der Waals surface area contributed by atoms with E-state index in [-0.39, 0.29) is 37.7 Å². The molecule has 0 aromatic heterocycles. The first kappa shape index (κ1) is 20.1. The highest BCUT2D eigenvalue weighted by Crippen LogP contribution is 2.31. The number of carboxylic acid groups (broad SMARTS) is 1. The van der Waals surface area contributed by atoms with Crippen LogP contribution in [-0.4, -0.2) is 54.5 Å². The fraction of sp³-hybridized carbons (Fsp3) is 0.550. The second-order valence-electron chi connectivity index (χ2n) is 6.91. The van der Waals surface area contributed by atoms with Gasteiger partial charge in [-0.1, -0.05) is 31.2 Å². The van der Waals surface area contributed by atoms with E-state index in [1.54, 1.807) is 17.0 Å². The molecule has 26 heavy (non-hydrogen) atoms. The van der Waals surface area contributed by atoms with Crippen molar-refractivity contribution in [3.05, 3.63) is 35.4 Å². The number of rotatable bonds is 8. The van der Waals surface area contributed by atoms with Gasteiger partial charge in [0.15, 0.2) is 5.78 Å². The van der Waals surface area contributed by atoms with Crippen LogP contribution in [0.3, 0.4) is 0 Å². The third-order valence-electron chi connectivity index (χ3n) is 5.05. The molecule has 0 bridgehead atoms. The predicted molar refractivity (Wildman–Crippen MR) is 97.1 cm³/mol. The molecule has 1 fully saturated rings. The Bertz CT molecular complexity index is 651. The molecule has 142 valence electrons. The standard InChI is InChI=1S/C20H27NO5/c1-3-15-5-7-16(8-6-15)17(22)9-10-18(23)21-12-4-11-20(13-21,14-26-2)19(24)25/h5-8H,3-4,9-14H2,1-2H3,(H,24,25). The smallest absolute Gasteiger partial charge is 0.313 e. The summed E-state index contributed by atoms with van der Waals surface area (Å²) >= 11 is 0. The van der Waals surface area contributed by atoms with Crippen molar-refractivity contribution in [2.75, 3.05) is 26.8 Å². The van der Waals surface area contributed by atoms with Gasteiger partial charge in [-0.25, -0.2) is 0 Å². The van der Waals surface area contributed by atoms with Gasteiger partial charge in [0.1, 0.15) is 5.41 Å². The van der Waals surface area contributed by atoms with Crippen molar-refractivity contribution in [3.8, 4) is 0 Å². The molecule has 0 aliphatic carbocycles. The maximum atomic E-state index is 12.5. The van der Waals surface area contributed by atoms with E-state index in [0.29, 0.717) is 24.9 Å². The van der Waals surface area contributed by atoms with Crippen molar-refractivity contribution in [3.63, 3.8) is 0 Å². The number of hydrogen-bond acceptors (Lipinski definition) is 4. The summed E-state index contributed by atoms with van der Waals surface area (Å²) in [6.45, 7) is 2.79. The molecule has 0 spiro atoms. The molecule has 1 saturated heterocycles. The Hall–Kier alpha value is -2.21. The number of amides is 1. The summed E-state index contributed by atoms with van der Waals surface area (Å²) in [6.07, 6.45) is 2.24. The zero-order valence-electron chi connectivity index (χ0n) is 15.5. The van der Waals surface area contributed by atoms with Crippen LogP contribution in [0, 0.1) is 5.41 Å². The largest absolute Gasteiger partial charge is 0.481 e. The highest BCUT2D eigenvalue weighted by Gasteiger charge is 2.43. The Morgan fingerprint density at radius 1 is 1.19 bits per heavy atom. The number of likely N-dealkylation sites (tertiary alicyclic amines) is 1. The molecule has 0 radical (unpaired) electrons. The lowest BCUT2D eigenvalue weighted by molar-refractivity contribution is -0.159. The Morgan fingerprint density at radius 2 is 1.88 bits per heavy atom. The Balaban J connectivity index is 1.94. The van der Waals surface area contributed by atoms with Gasteiger partial charge in [-0.05, 0) is 24.8 Å². The van der Waals surface area contributed by atoms with Gasteiger partial charge in [0.2, 0.25) is 5.91 Å². The van der Waals surface area contributed by atoms with Gasteiger partial charge in [0.05, 0.1) is 6.61 Å². The van der Waals surface area contributed by atoms with Crippen LogP contribution in [0.2, 0.25) is 0 Å². The summed E-state index contributed by atoms with van der Waals surface area (Å²) < 4.78 is 5.08. The van der Waals surface area contributed by atoms with E-state index in [9.17, 15) is 19.5 Å². The van der Waals surface area contributed by atoms with Gasteiger partial charge in [-0.2, -0.15) is 0 Å². The SMILES string of the molecule is CCc1ccc(C(=O)CCC(=O)N2CCCC(COC)(C(=O)O)C2)cc1. The molecule has 1 heterocycles. The van der Waals surface area contributed by atoms with E-state index < -0.39 is 11.4 Å². The number of carbonyl (C=O) groups is 3. The van der Waals surface area contributed by atoms with Gasteiger partial charge in [-0.3, -0.25) is 14.4 Å². The zero-order chi connectivity index (χ0) is 19.2. The quantitative estimate of drug-likeness (QED) is 0.720. The first-order valence-electron chi connectivity index (χ1n) is 9.04. The summed E-state index contributed by atoms with van der Waals surface area (Å²) in [5, 5.41) is 9.56. The molecule has 1 aliphatic heterocycles. The maximum absolute atomic E-state index is 12.5. The lowest BCUT2D eigenvalue weighted by Gasteiger charge is -2.39. The third-order valence-corrected chi connectivity index (χ3v) is 5.05. The maximum Gasteiger partial charge on any atom is 0.313 e. The molecular formula is C20H27NO5. The molecule has 0 saturated carbocycles. The van der Waals surface area contributed by atoms with Crippen LogP contribution in [0.25, 0.3) is 0 Å². The summed E-state index contributed by atoms with van der Waals surface area (Å²) in [4.78, 5) is 38.0. The van der Waals surface area contributed by atoms with Gasteiger partial charge >= 0.3 is 5.97 Å². The van der Waals surface area contributed by atoms with E-state index in [0.717, 1.165) is 12.0 Å². The fourth-order valence-electron chi connectivity index (χ4n) is 3.42. The van der Waals surface area contributed by atoms with E-state index in [2.05, 4.69) is 6.92 Å². The molecule has 1 unspecified atom stereocenters. The van der Waals surface area contributed by atoms with E-state index >= 15 is 0 Å². The zero-order valence-corrected chi connectivity index (χ0v) is 15.5. The number of carbonyl (C=O) groups excluding carboxylic acids is 2. The van der Waals surface area contributed by atoms with E-state index in [1.807, 2.05) is 12.1 Å². The van der Waals surface area contributed by atoms with Crippen molar-refractivity contribution < 1.29 is 24.2 Å². The van der Waals surface area contributed by atoms with Gasteiger partial charge in [0, 0.05) is 38.6 Å². The van der Waals surface area contributed by atoms with Crippen LogP contribution in [0.15, 0.2) is 24.3 Å². The molecular weight excluding hydrogens is 334 g/mol. The minimum atomic E-state index is -1.05. The third kappa shape index (κ3) is 4.69. The number of benzene rings is 1. The lowest BCUT2D eigenvalue weighted by atomic mass is 9.80. The molecule has 6 heteroatoms. The number of ketones is 1. The first-order chi connectivity index (χ1) is 12.4. The highest BCUT2D eigenvalue weighted by atomic mass is 16.5. The van der Waals surface area contributed by atoms with Crippen LogP contribution < -0.4 is 0 Å². The summed E-state index contributed by atoms with van der Waals surface area (Å²) in [7, 11) is 1.47.